The zero-order valence-electron chi connectivity index (χ0n) is 13.5. The van der Waals surface area contributed by atoms with Crippen molar-refractivity contribution in [3.8, 4) is 0 Å². The molecule has 0 spiro atoms. The third-order valence-corrected chi connectivity index (χ3v) is 4.46. The molecule has 4 nitrogen and oxygen atoms in total. The number of hydrogen-bond acceptors (Lipinski definition) is 3. The number of nitrogens with zero attached hydrogens (tertiary/aromatic N) is 1. The van der Waals surface area contributed by atoms with Crippen molar-refractivity contribution < 1.29 is 9.53 Å². The summed E-state index contributed by atoms with van der Waals surface area (Å²) in [5, 5.41) is 4.52. The fourth-order valence-electron chi connectivity index (χ4n) is 2.60. The zero-order valence-corrected chi connectivity index (χ0v) is 15.0. The number of carbonyl (C=O) groups is 1. The highest BCUT2D eigenvalue weighted by atomic mass is 35.5. The van der Waals surface area contributed by atoms with Crippen LogP contribution in [0.2, 0.25) is 10.0 Å². The Balaban J connectivity index is 1.94. The topological polar surface area (TPSA) is 51.2 Å². The van der Waals surface area contributed by atoms with E-state index in [0.717, 1.165) is 16.5 Å². The first-order valence-corrected chi connectivity index (χ1v) is 8.57. The third-order valence-electron chi connectivity index (χ3n) is 3.72. The number of anilines is 1. The molecule has 3 rings (SSSR count). The van der Waals surface area contributed by atoms with Gasteiger partial charge in [-0.2, -0.15) is 0 Å². The van der Waals surface area contributed by atoms with Crippen molar-refractivity contribution in [1.82, 2.24) is 4.98 Å². The summed E-state index contributed by atoms with van der Waals surface area (Å²) < 4.78 is 5.73. The van der Waals surface area contributed by atoms with E-state index >= 15 is 0 Å². The van der Waals surface area contributed by atoms with E-state index in [1.54, 1.807) is 30.5 Å². The van der Waals surface area contributed by atoms with Crippen LogP contribution in [0.3, 0.4) is 0 Å². The van der Waals surface area contributed by atoms with E-state index in [9.17, 15) is 4.79 Å². The van der Waals surface area contributed by atoms with Crippen LogP contribution in [0, 0.1) is 0 Å². The number of nitrogens with one attached hydrogen (secondary N) is 1. The number of carbonyl (C=O) groups excluding carboxylic acids is 1. The standard InChI is InChI=1S/C19H16Cl2N2O2/c1-2-25-18(14-9-10-22-17-6-4-3-5-13(14)17)19(24)23-12-7-8-15(20)16(21)11-12/h3-11,18H,2H2,1H3,(H,23,24). The molecule has 6 heteroatoms. The van der Waals surface area contributed by atoms with Crippen LogP contribution in [0.5, 0.6) is 0 Å². The van der Waals surface area contributed by atoms with Crippen LogP contribution >= 0.6 is 23.2 Å². The van der Waals surface area contributed by atoms with Crippen LogP contribution in [-0.2, 0) is 9.53 Å². The molecule has 0 aliphatic rings. The normalized spacial score (nSPS) is 12.1. The Bertz CT molecular complexity index is 910. The Kier molecular flexibility index (Phi) is 5.53. The summed E-state index contributed by atoms with van der Waals surface area (Å²) in [5.74, 6) is -0.281. The van der Waals surface area contributed by atoms with E-state index in [1.165, 1.54) is 0 Å². The summed E-state index contributed by atoms with van der Waals surface area (Å²) in [7, 11) is 0. The van der Waals surface area contributed by atoms with Crippen LogP contribution in [0.4, 0.5) is 5.69 Å². The lowest BCUT2D eigenvalue weighted by Crippen LogP contribution is -2.24. The molecule has 0 aliphatic heterocycles. The summed E-state index contributed by atoms with van der Waals surface area (Å²) in [6.07, 6.45) is 0.920. The van der Waals surface area contributed by atoms with Gasteiger partial charge in [0, 0.05) is 29.4 Å². The molecule has 0 saturated heterocycles. The number of fused-ring (bicyclic) bond motifs is 1. The second kappa shape index (κ2) is 7.83. The zero-order chi connectivity index (χ0) is 17.8. The molecule has 25 heavy (non-hydrogen) atoms. The van der Waals surface area contributed by atoms with Crippen LogP contribution in [0.25, 0.3) is 10.9 Å². The van der Waals surface area contributed by atoms with E-state index in [0.29, 0.717) is 22.3 Å². The molecule has 1 amide bonds. The smallest absolute Gasteiger partial charge is 0.258 e. The lowest BCUT2D eigenvalue weighted by Gasteiger charge is -2.19. The summed E-state index contributed by atoms with van der Waals surface area (Å²) in [4.78, 5) is 17.1. The molecule has 1 heterocycles. The predicted molar refractivity (Wildman–Crippen MR) is 101 cm³/mol. The van der Waals surface area contributed by atoms with Crippen molar-refractivity contribution in [3.05, 3.63) is 70.3 Å². The molecule has 3 aromatic rings. The van der Waals surface area contributed by atoms with Gasteiger partial charge in [-0.25, -0.2) is 0 Å². The minimum Gasteiger partial charge on any atom is -0.364 e. The van der Waals surface area contributed by atoms with Crippen molar-refractivity contribution >= 4 is 45.7 Å². The van der Waals surface area contributed by atoms with Crippen molar-refractivity contribution in [2.75, 3.05) is 11.9 Å². The fraction of sp³-hybridized carbons (Fsp3) is 0.158. The number of ether oxygens (including phenoxy) is 1. The van der Waals surface area contributed by atoms with E-state index < -0.39 is 6.10 Å². The minimum absolute atomic E-state index is 0.281. The van der Waals surface area contributed by atoms with Gasteiger partial charge in [0.1, 0.15) is 0 Å². The molecule has 0 bridgehead atoms. The molecule has 2 aromatic carbocycles. The number of aromatic nitrogens is 1. The van der Waals surface area contributed by atoms with Gasteiger partial charge in [-0.3, -0.25) is 9.78 Å². The van der Waals surface area contributed by atoms with Gasteiger partial charge in [0.25, 0.3) is 5.91 Å². The SMILES string of the molecule is CCOC(C(=O)Nc1ccc(Cl)c(Cl)c1)c1ccnc2ccccc12. The summed E-state index contributed by atoms with van der Waals surface area (Å²) in [5.41, 5.74) is 2.14. The first-order valence-electron chi connectivity index (χ1n) is 7.81. The number of hydrogen-bond donors (Lipinski definition) is 1. The quantitative estimate of drug-likeness (QED) is 0.662. The van der Waals surface area contributed by atoms with E-state index in [1.807, 2.05) is 31.2 Å². The molecule has 1 N–H and O–H groups in total. The van der Waals surface area contributed by atoms with Gasteiger partial charge in [0.15, 0.2) is 6.10 Å². The number of pyridine rings is 1. The number of amides is 1. The second-order valence-electron chi connectivity index (χ2n) is 5.37. The lowest BCUT2D eigenvalue weighted by atomic mass is 10.0. The van der Waals surface area contributed by atoms with Gasteiger partial charge in [0.05, 0.1) is 15.6 Å². The van der Waals surface area contributed by atoms with Crippen LogP contribution < -0.4 is 5.32 Å². The molecule has 0 fully saturated rings. The molecular weight excluding hydrogens is 359 g/mol. The largest absolute Gasteiger partial charge is 0.364 e. The van der Waals surface area contributed by atoms with Crippen molar-refractivity contribution in [2.24, 2.45) is 0 Å². The Morgan fingerprint density at radius 2 is 1.96 bits per heavy atom. The molecule has 0 saturated carbocycles. The average molecular weight is 375 g/mol. The molecule has 1 unspecified atom stereocenters. The second-order valence-corrected chi connectivity index (χ2v) is 6.19. The molecule has 1 atom stereocenters. The van der Waals surface area contributed by atoms with Crippen LogP contribution in [0.15, 0.2) is 54.7 Å². The van der Waals surface area contributed by atoms with E-state index in [2.05, 4.69) is 10.3 Å². The third kappa shape index (κ3) is 3.93. The van der Waals surface area contributed by atoms with Gasteiger partial charge < -0.3 is 10.1 Å². The summed E-state index contributed by atoms with van der Waals surface area (Å²) in [6, 6.07) is 14.4. The molecule has 0 aliphatic carbocycles. The number of benzene rings is 2. The molecule has 0 radical (unpaired) electrons. The maximum atomic E-state index is 12.8. The highest BCUT2D eigenvalue weighted by Crippen LogP contribution is 2.29. The Morgan fingerprint density at radius 1 is 1.16 bits per heavy atom. The van der Waals surface area contributed by atoms with Gasteiger partial charge in [-0.1, -0.05) is 41.4 Å². The van der Waals surface area contributed by atoms with Crippen LogP contribution in [-0.4, -0.2) is 17.5 Å². The Labute approximate surface area is 155 Å². The Hall–Kier alpha value is -2.14. The number of halogens is 2. The fourth-order valence-corrected chi connectivity index (χ4v) is 2.90. The number of para-hydroxylation sites is 1. The maximum Gasteiger partial charge on any atom is 0.258 e. The summed E-state index contributed by atoms with van der Waals surface area (Å²) in [6.45, 7) is 2.25. The van der Waals surface area contributed by atoms with E-state index in [4.69, 9.17) is 27.9 Å². The van der Waals surface area contributed by atoms with Crippen LogP contribution in [0.1, 0.15) is 18.6 Å². The van der Waals surface area contributed by atoms with E-state index in [-0.39, 0.29) is 5.91 Å². The van der Waals surface area contributed by atoms with Gasteiger partial charge in [-0.15, -0.1) is 0 Å². The first kappa shape index (κ1) is 17.7. The highest BCUT2D eigenvalue weighted by Gasteiger charge is 2.23. The van der Waals surface area contributed by atoms with Crippen molar-refractivity contribution in [2.45, 2.75) is 13.0 Å². The first-order chi connectivity index (χ1) is 12.1. The maximum absolute atomic E-state index is 12.8. The Morgan fingerprint density at radius 3 is 2.72 bits per heavy atom. The molecule has 1 aromatic heterocycles. The van der Waals surface area contributed by atoms with Gasteiger partial charge >= 0.3 is 0 Å². The number of rotatable bonds is 5. The van der Waals surface area contributed by atoms with Gasteiger partial charge in [0.2, 0.25) is 0 Å². The molecule has 128 valence electrons. The van der Waals surface area contributed by atoms with Gasteiger partial charge in [-0.05, 0) is 37.3 Å². The lowest BCUT2D eigenvalue weighted by molar-refractivity contribution is -0.127. The van der Waals surface area contributed by atoms with Crippen molar-refractivity contribution in [3.63, 3.8) is 0 Å². The highest BCUT2D eigenvalue weighted by molar-refractivity contribution is 6.42. The van der Waals surface area contributed by atoms with Crippen molar-refractivity contribution in [1.29, 1.82) is 0 Å². The predicted octanol–water partition coefficient (Wildman–Crippen LogP) is 5.26. The minimum atomic E-state index is -0.757. The monoisotopic (exact) mass is 374 g/mol. The summed E-state index contributed by atoms with van der Waals surface area (Å²) >= 11 is 11.9. The average Bonchev–Trinajstić information content (AvgIpc) is 2.62. The molecular formula is C19H16Cl2N2O2.